The van der Waals surface area contributed by atoms with Crippen molar-refractivity contribution in [1.82, 2.24) is 9.97 Å². The smallest absolute Gasteiger partial charge is 0.399 e. The van der Waals surface area contributed by atoms with Gasteiger partial charge in [-0.2, -0.15) is 26.3 Å². The zero-order chi connectivity index (χ0) is 25.6. The average Bonchev–Trinajstić information content (AvgIpc) is 2.75. The zero-order valence-corrected chi connectivity index (χ0v) is 18.6. The largest absolute Gasteiger partial charge is 0.411 e. The van der Waals surface area contributed by atoms with Gasteiger partial charge in [-0.15, -0.1) is 0 Å². The predicted molar refractivity (Wildman–Crippen MR) is 122 cm³/mol. The van der Waals surface area contributed by atoms with Gasteiger partial charge in [0.2, 0.25) is 5.41 Å². The summed E-state index contributed by atoms with van der Waals surface area (Å²) in [5, 5.41) is 3.63. The summed E-state index contributed by atoms with van der Waals surface area (Å²) in [7, 11) is 0. The van der Waals surface area contributed by atoms with Crippen molar-refractivity contribution >= 4 is 28.1 Å². The first kappa shape index (κ1) is 24.3. The van der Waals surface area contributed by atoms with Crippen molar-refractivity contribution in [2.45, 2.75) is 31.6 Å². The van der Waals surface area contributed by atoms with Crippen LogP contribution in [0, 0.1) is 13.8 Å². The van der Waals surface area contributed by atoms with Crippen LogP contribution in [0.2, 0.25) is 0 Å². The summed E-state index contributed by atoms with van der Waals surface area (Å²) >= 11 is 0. The molecule has 0 amide bonds. The molecule has 4 aromatic rings. The van der Waals surface area contributed by atoms with Crippen LogP contribution in [0.5, 0.6) is 0 Å². The van der Waals surface area contributed by atoms with Crippen molar-refractivity contribution in [3.63, 3.8) is 0 Å². The van der Waals surface area contributed by atoms with Crippen molar-refractivity contribution in [3.8, 4) is 0 Å². The lowest BCUT2D eigenvalue weighted by molar-refractivity contribution is -0.288. The number of nitrogen functional groups attached to an aromatic ring is 1. The topological polar surface area (TPSA) is 63.8 Å². The van der Waals surface area contributed by atoms with Crippen LogP contribution in [-0.2, 0) is 5.41 Å². The van der Waals surface area contributed by atoms with Crippen molar-refractivity contribution in [2.75, 3.05) is 11.1 Å². The third-order valence-corrected chi connectivity index (χ3v) is 6.00. The van der Waals surface area contributed by atoms with Crippen LogP contribution in [0.25, 0.3) is 10.9 Å². The number of halogens is 6. The van der Waals surface area contributed by atoms with E-state index in [0.717, 1.165) is 47.5 Å². The van der Waals surface area contributed by atoms with Gasteiger partial charge in [0.05, 0.1) is 5.52 Å². The second kappa shape index (κ2) is 8.44. The maximum atomic E-state index is 14.3. The number of anilines is 3. The summed E-state index contributed by atoms with van der Waals surface area (Å²) in [6.07, 6.45) is -10.1. The molecule has 0 aliphatic rings. The predicted octanol–water partition coefficient (Wildman–Crippen LogP) is 6.98. The molecule has 0 aliphatic carbocycles. The molecule has 4 rings (SSSR count). The highest BCUT2D eigenvalue weighted by Gasteiger charge is 2.72. The van der Waals surface area contributed by atoms with Crippen LogP contribution in [-0.4, -0.2) is 22.3 Å². The van der Waals surface area contributed by atoms with Crippen LogP contribution in [0.4, 0.5) is 43.5 Å². The first-order valence-corrected chi connectivity index (χ1v) is 10.4. The summed E-state index contributed by atoms with van der Waals surface area (Å²) in [5.41, 5.74) is 1.99. The van der Waals surface area contributed by atoms with E-state index in [9.17, 15) is 26.3 Å². The fraction of sp³-hybridized carbons (Fsp3) is 0.200. The molecule has 0 radical (unpaired) electrons. The third-order valence-electron chi connectivity index (χ3n) is 6.00. The quantitative estimate of drug-likeness (QED) is 0.239. The number of hydrogen-bond donors (Lipinski definition) is 2. The molecular weight excluding hydrogens is 470 g/mol. The number of nitrogens with one attached hydrogen (secondary N) is 1. The number of fused-ring (bicyclic) bond motifs is 1. The Morgan fingerprint density at radius 2 is 1.37 bits per heavy atom. The van der Waals surface area contributed by atoms with E-state index in [-0.39, 0.29) is 11.4 Å². The highest BCUT2D eigenvalue weighted by molar-refractivity contribution is 5.91. The first-order valence-electron chi connectivity index (χ1n) is 10.4. The van der Waals surface area contributed by atoms with Crippen molar-refractivity contribution in [3.05, 3.63) is 89.2 Å². The number of nitrogens with zero attached hydrogens (tertiary/aromatic N) is 2. The Morgan fingerprint density at radius 1 is 0.743 bits per heavy atom. The minimum Gasteiger partial charge on any atom is -0.399 e. The summed E-state index contributed by atoms with van der Waals surface area (Å²) in [6.45, 7) is 3.83. The fourth-order valence-electron chi connectivity index (χ4n) is 4.11. The molecule has 1 heterocycles. The number of aromatic nitrogens is 2. The third kappa shape index (κ3) is 4.13. The minimum absolute atomic E-state index is 0.208. The van der Waals surface area contributed by atoms with E-state index in [1.54, 1.807) is 0 Å². The molecule has 0 saturated carbocycles. The normalized spacial score (nSPS) is 12.7. The van der Waals surface area contributed by atoms with Crippen LogP contribution >= 0.6 is 0 Å². The molecule has 3 aromatic carbocycles. The van der Waals surface area contributed by atoms with Crippen molar-refractivity contribution in [1.29, 1.82) is 0 Å². The molecule has 0 atom stereocenters. The first-order chi connectivity index (χ1) is 16.3. The summed E-state index contributed by atoms with van der Waals surface area (Å²) in [6, 6.07) is 11.4. The van der Waals surface area contributed by atoms with Gasteiger partial charge in [0.15, 0.2) is 0 Å². The highest BCUT2D eigenvalue weighted by Crippen LogP contribution is 2.56. The van der Waals surface area contributed by atoms with Gasteiger partial charge in [0.1, 0.15) is 12.1 Å². The van der Waals surface area contributed by atoms with Crippen molar-refractivity contribution < 1.29 is 26.3 Å². The zero-order valence-electron chi connectivity index (χ0n) is 18.6. The Hall–Kier alpha value is -3.82. The number of aryl methyl sites for hydroxylation is 2. The van der Waals surface area contributed by atoms with Gasteiger partial charge in [-0.3, -0.25) is 0 Å². The molecule has 0 unspecified atom stereocenters. The second-order valence-corrected chi connectivity index (χ2v) is 8.25. The van der Waals surface area contributed by atoms with E-state index >= 15 is 0 Å². The maximum absolute atomic E-state index is 14.3. The molecule has 1 aromatic heterocycles. The molecule has 0 spiro atoms. The Labute approximate surface area is 196 Å². The molecule has 0 saturated heterocycles. The number of hydrogen-bond acceptors (Lipinski definition) is 4. The average molecular weight is 490 g/mol. The van der Waals surface area contributed by atoms with Gasteiger partial charge in [-0.1, -0.05) is 24.3 Å². The maximum Gasteiger partial charge on any atom is 0.411 e. The van der Waals surface area contributed by atoms with Crippen molar-refractivity contribution in [2.24, 2.45) is 0 Å². The lowest BCUT2D eigenvalue weighted by Crippen LogP contribution is -2.54. The van der Waals surface area contributed by atoms with Gasteiger partial charge in [-0.25, -0.2) is 9.97 Å². The van der Waals surface area contributed by atoms with Crippen LogP contribution < -0.4 is 11.1 Å². The number of benzene rings is 3. The van der Waals surface area contributed by atoms with Gasteiger partial charge < -0.3 is 11.1 Å². The molecule has 0 aliphatic heterocycles. The van der Waals surface area contributed by atoms with Gasteiger partial charge >= 0.3 is 12.4 Å². The number of alkyl halides is 6. The molecule has 3 N–H and O–H groups in total. The van der Waals surface area contributed by atoms with Crippen LogP contribution in [0.3, 0.4) is 0 Å². The highest BCUT2D eigenvalue weighted by atomic mass is 19.4. The molecule has 35 heavy (non-hydrogen) atoms. The lowest BCUT2D eigenvalue weighted by Gasteiger charge is -2.38. The Morgan fingerprint density at radius 3 is 1.97 bits per heavy atom. The summed E-state index contributed by atoms with van der Waals surface area (Å²) in [5.74, 6) is 0.375. The summed E-state index contributed by atoms with van der Waals surface area (Å²) < 4.78 is 85.6. The molecule has 0 fully saturated rings. The fourth-order valence-corrected chi connectivity index (χ4v) is 4.11. The molecule has 182 valence electrons. The standard InChI is InChI=1S/C25H20F6N4/c1-14-10-20-21(11-15(14)2)33-13-34-22(20)35-19-8-6-16(7-9-19)23(24(26,27)28,25(29,30)31)17-4-3-5-18(32)12-17/h3-13H,32H2,1-2H3,(H,33,34,35). The minimum atomic E-state index is -5.69. The van der Waals surface area contributed by atoms with Crippen LogP contribution in [0.1, 0.15) is 22.3 Å². The van der Waals surface area contributed by atoms with E-state index in [1.807, 2.05) is 26.0 Å². The molecule has 10 heteroatoms. The van der Waals surface area contributed by atoms with E-state index in [1.165, 1.54) is 12.4 Å². The Bertz CT molecular complexity index is 1360. The SMILES string of the molecule is Cc1cc2ncnc(Nc3ccc(C(c4cccc(N)c4)(C(F)(F)F)C(F)(F)F)cc3)c2cc1C. The van der Waals surface area contributed by atoms with E-state index in [0.29, 0.717) is 22.8 Å². The van der Waals surface area contributed by atoms with E-state index < -0.39 is 28.9 Å². The van der Waals surface area contributed by atoms with E-state index in [2.05, 4.69) is 15.3 Å². The number of nitrogens with two attached hydrogens (primary N) is 1. The Kier molecular flexibility index (Phi) is 5.86. The van der Waals surface area contributed by atoms with Gasteiger partial charge in [0, 0.05) is 16.8 Å². The van der Waals surface area contributed by atoms with Gasteiger partial charge in [-0.05, 0) is 72.5 Å². The van der Waals surface area contributed by atoms with Crippen LogP contribution in [0.15, 0.2) is 67.0 Å². The lowest BCUT2D eigenvalue weighted by atomic mass is 9.72. The number of rotatable bonds is 4. The second-order valence-electron chi connectivity index (χ2n) is 8.25. The molecule has 0 bridgehead atoms. The molecular formula is C25H20F6N4. The summed E-state index contributed by atoms with van der Waals surface area (Å²) in [4.78, 5) is 8.40. The molecule has 4 nitrogen and oxygen atoms in total. The van der Waals surface area contributed by atoms with E-state index in [4.69, 9.17) is 5.73 Å². The van der Waals surface area contributed by atoms with Gasteiger partial charge in [0.25, 0.3) is 0 Å². The Balaban J connectivity index is 1.81. The monoisotopic (exact) mass is 490 g/mol.